The van der Waals surface area contributed by atoms with Gasteiger partial charge in [-0.05, 0) is 26.8 Å². The van der Waals surface area contributed by atoms with Crippen LogP contribution in [-0.2, 0) is 7.05 Å². The van der Waals surface area contributed by atoms with Crippen LogP contribution < -0.4 is 5.32 Å². The molecule has 4 aromatic rings. The Labute approximate surface area is 150 Å². The number of hydrogen-bond acceptors (Lipinski definition) is 4. The van der Waals surface area contributed by atoms with E-state index in [1.807, 2.05) is 56.9 Å². The van der Waals surface area contributed by atoms with Crippen molar-refractivity contribution in [3.8, 4) is 11.3 Å². The first-order chi connectivity index (χ1) is 12.3. The van der Waals surface area contributed by atoms with Gasteiger partial charge >= 0.3 is 0 Å². The Hall–Kier alpha value is -3.22. The molecule has 1 aromatic carbocycles. The first-order valence-corrected chi connectivity index (χ1v) is 8.41. The zero-order valence-corrected chi connectivity index (χ0v) is 15.2. The van der Waals surface area contributed by atoms with Crippen molar-refractivity contribution in [1.29, 1.82) is 0 Å². The Morgan fingerprint density at radius 1 is 1.23 bits per heavy atom. The van der Waals surface area contributed by atoms with Gasteiger partial charge in [-0.3, -0.25) is 9.48 Å². The second kappa shape index (κ2) is 5.66. The summed E-state index contributed by atoms with van der Waals surface area (Å²) >= 11 is 0. The van der Waals surface area contributed by atoms with Crippen LogP contribution in [-0.4, -0.2) is 36.2 Å². The third-order valence-electron chi connectivity index (χ3n) is 4.18. The Morgan fingerprint density at radius 3 is 2.81 bits per heavy atom. The number of fused-ring (bicyclic) bond motifs is 2. The number of carbonyl (C=O) groups excluding carboxylic acids is 1. The van der Waals surface area contributed by atoms with Crippen molar-refractivity contribution < 1.29 is 4.79 Å². The van der Waals surface area contributed by atoms with Gasteiger partial charge in [-0.2, -0.15) is 5.10 Å². The molecule has 3 aromatic heterocycles. The molecule has 0 fully saturated rings. The zero-order valence-electron chi connectivity index (χ0n) is 15.2. The quantitative estimate of drug-likeness (QED) is 0.583. The van der Waals surface area contributed by atoms with Crippen LogP contribution in [0.4, 0.5) is 0 Å². The van der Waals surface area contributed by atoms with E-state index in [0.29, 0.717) is 22.4 Å². The Balaban J connectivity index is 1.85. The normalized spacial score (nSPS) is 12.0. The summed E-state index contributed by atoms with van der Waals surface area (Å²) in [7, 11) is 1.90. The lowest BCUT2D eigenvalue weighted by Crippen LogP contribution is -2.40. The summed E-state index contributed by atoms with van der Waals surface area (Å²) in [5.41, 5.74) is 3.98. The van der Waals surface area contributed by atoms with E-state index in [-0.39, 0.29) is 11.4 Å². The third kappa shape index (κ3) is 2.71. The monoisotopic (exact) mass is 348 g/mol. The number of hydrogen-bond donors (Lipinski definition) is 2. The highest BCUT2D eigenvalue weighted by molar-refractivity contribution is 6.05. The van der Waals surface area contributed by atoms with Crippen molar-refractivity contribution in [2.24, 2.45) is 7.05 Å². The van der Waals surface area contributed by atoms with Crippen LogP contribution in [0.15, 0.2) is 36.8 Å². The lowest BCUT2D eigenvalue weighted by molar-refractivity contribution is 0.0921. The smallest absolute Gasteiger partial charge is 0.255 e. The van der Waals surface area contributed by atoms with Crippen molar-refractivity contribution >= 4 is 28.0 Å². The molecule has 3 heterocycles. The van der Waals surface area contributed by atoms with E-state index >= 15 is 0 Å². The fraction of sp³-hybridized carbons (Fsp3) is 0.263. The number of carbonyl (C=O) groups is 1. The zero-order chi connectivity index (χ0) is 18.5. The van der Waals surface area contributed by atoms with Gasteiger partial charge in [-0.15, -0.1) is 0 Å². The van der Waals surface area contributed by atoms with Crippen LogP contribution in [0, 0.1) is 0 Å². The first kappa shape index (κ1) is 16.3. The minimum absolute atomic E-state index is 0.171. The number of rotatable bonds is 2. The fourth-order valence-electron chi connectivity index (χ4n) is 3.00. The van der Waals surface area contributed by atoms with E-state index in [1.165, 1.54) is 0 Å². The summed E-state index contributed by atoms with van der Waals surface area (Å²) in [5, 5.41) is 8.28. The Morgan fingerprint density at radius 2 is 2.04 bits per heavy atom. The summed E-state index contributed by atoms with van der Waals surface area (Å²) < 4.78 is 1.82. The predicted molar refractivity (Wildman–Crippen MR) is 101 cm³/mol. The molecule has 2 N–H and O–H groups in total. The summed E-state index contributed by atoms with van der Waals surface area (Å²) in [5.74, 6) is -0.171. The van der Waals surface area contributed by atoms with Gasteiger partial charge in [0.2, 0.25) is 0 Å². The van der Waals surface area contributed by atoms with Gasteiger partial charge in [0, 0.05) is 29.7 Å². The molecular formula is C19H20N6O. The van der Waals surface area contributed by atoms with E-state index < -0.39 is 0 Å². The standard InChI is InChI=1S/C19H20N6O/c1-19(2,3)24-18(26)13-8-20-17-16(13)23-14(10-21-17)11-6-5-7-15-12(11)9-22-25(15)4/h5-10H,1-4H3,(H,20,21)(H,24,26). The molecule has 0 spiro atoms. The van der Waals surface area contributed by atoms with Crippen LogP contribution in [0.5, 0.6) is 0 Å². The second-order valence-electron chi connectivity index (χ2n) is 7.37. The molecule has 0 aliphatic rings. The number of aromatic nitrogens is 5. The molecule has 26 heavy (non-hydrogen) atoms. The van der Waals surface area contributed by atoms with Crippen LogP contribution in [0.1, 0.15) is 31.1 Å². The molecule has 0 bridgehead atoms. The average molecular weight is 348 g/mol. The minimum atomic E-state index is -0.326. The van der Waals surface area contributed by atoms with Gasteiger partial charge in [0.15, 0.2) is 5.65 Å². The molecule has 0 unspecified atom stereocenters. The van der Waals surface area contributed by atoms with E-state index in [2.05, 4.69) is 20.4 Å². The highest BCUT2D eigenvalue weighted by Crippen LogP contribution is 2.28. The summed E-state index contributed by atoms with van der Waals surface area (Å²) in [6, 6.07) is 5.97. The number of nitrogens with one attached hydrogen (secondary N) is 2. The molecule has 0 aliphatic carbocycles. The molecular weight excluding hydrogens is 328 g/mol. The number of amides is 1. The molecule has 0 atom stereocenters. The topological polar surface area (TPSA) is 88.5 Å². The van der Waals surface area contributed by atoms with Crippen molar-refractivity contribution in [2.45, 2.75) is 26.3 Å². The van der Waals surface area contributed by atoms with Crippen LogP contribution in [0.2, 0.25) is 0 Å². The van der Waals surface area contributed by atoms with E-state index in [0.717, 1.165) is 16.5 Å². The maximum atomic E-state index is 12.6. The van der Waals surface area contributed by atoms with Gasteiger partial charge in [0.05, 0.1) is 29.2 Å². The highest BCUT2D eigenvalue weighted by atomic mass is 16.1. The molecule has 7 nitrogen and oxygen atoms in total. The maximum Gasteiger partial charge on any atom is 0.255 e. The van der Waals surface area contributed by atoms with Crippen molar-refractivity contribution in [1.82, 2.24) is 30.0 Å². The van der Waals surface area contributed by atoms with Gasteiger partial charge in [-0.25, -0.2) is 9.97 Å². The van der Waals surface area contributed by atoms with Crippen LogP contribution in [0.25, 0.3) is 33.3 Å². The third-order valence-corrected chi connectivity index (χ3v) is 4.18. The fourth-order valence-corrected chi connectivity index (χ4v) is 3.00. The molecule has 7 heteroatoms. The number of aromatic amines is 1. The lowest BCUT2D eigenvalue weighted by Gasteiger charge is -2.20. The van der Waals surface area contributed by atoms with Gasteiger partial charge < -0.3 is 10.3 Å². The predicted octanol–water partition coefficient (Wildman–Crippen LogP) is 3.04. The average Bonchev–Trinajstić information content (AvgIpc) is 3.16. The van der Waals surface area contributed by atoms with Crippen molar-refractivity contribution in [3.05, 3.63) is 42.4 Å². The maximum absolute atomic E-state index is 12.6. The molecule has 0 saturated heterocycles. The van der Waals surface area contributed by atoms with Crippen LogP contribution >= 0.6 is 0 Å². The molecule has 4 rings (SSSR count). The molecule has 0 radical (unpaired) electrons. The molecule has 132 valence electrons. The lowest BCUT2D eigenvalue weighted by atomic mass is 10.1. The van der Waals surface area contributed by atoms with Crippen molar-refractivity contribution in [2.75, 3.05) is 0 Å². The molecule has 1 amide bonds. The minimum Gasteiger partial charge on any atom is -0.347 e. The number of nitrogens with zero attached hydrogens (tertiary/aromatic N) is 4. The molecule has 0 saturated carbocycles. The number of benzene rings is 1. The van der Waals surface area contributed by atoms with Gasteiger partial charge in [0.1, 0.15) is 5.52 Å². The van der Waals surface area contributed by atoms with Gasteiger partial charge in [-0.1, -0.05) is 12.1 Å². The van der Waals surface area contributed by atoms with E-state index in [1.54, 1.807) is 12.4 Å². The highest BCUT2D eigenvalue weighted by Gasteiger charge is 2.20. The Kier molecular flexibility index (Phi) is 3.54. The van der Waals surface area contributed by atoms with Crippen molar-refractivity contribution in [3.63, 3.8) is 0 Å². The largest absolute Gasteiger partial charge is 0.347 e. The number of aryl methyl sites for hydroxylation is 1. The summed E-state index contributed by atoms with van der Waals surface area (Å²) in [6.45, 7) is 5.83. The number of H-pyrrole nitrogens is 1. The SMILES string of the molecule is Cn1ncc2c(-c3cnc4[nH]cc(C(=O)NC(C)(C)C)c4n3)cccc21. The van der Waals surface area contributed by atoms with E-state index in [4.69, 9.17) is 4.98 Å². The summed E-state index contributed by atoms with van der Waals surface area (Å²) in [6.07, 6.45) is 5.19. The Bertz CT molecular complexity index is 1130. The second-order valence-corrected chi connectivity index (χ2v) is 7.37. The molecule has 0 aliphatic heterocycles. The first-order valence-electron chi connectivity index (χ1n) is 8.41. The van der Waals surface area contributed by atoms with E-state index in [9.17, 15) is 4.79 Å². The van der Waals surface area contributed by atoms with Crippen LogP contribution in [0.3, 0.4) is 0 Å². The van der Waals surface area contributed by atoms with Gasteiger partial charge in [0.25, 0.3) is 5.91 Å². The summed E-state index contributed by atoms with van der Waals surface area (Å²) in [4.78, 5) is 24.8.